The molecule has 0 fully saturated rings. The van der Waals surface area contributed by atoms with Crippen molar-refractivity contribution in [3.63, 3.8) is 0 Å². The molecule has 0 saturated carbocycles. The minimum Gasteiger partial charge on any atom is -0.456 e. The van der Waals surface area contributed by atoms with Crippen LogP contribution in [-0.2, 0) is 5.41 Å². The molecule has 0 radical (unpaired) electrons. The summed E-state index contributed by atoms with van der Waals surface area (Å²) >= 11 is 0. The molecule has 14 rings (SSSR count). The van der Waals surface area contributed by atoms with Crippen LogP contribution < -0.4 is 4.90 Å². The normalized spacial score (nSPS) is 13.0. The average molecular weight is 912 g/mol. The van der Waals surface area contributed by atoms with Crippen LogP contribution in [0.5, 0.6) is 0 Å². The molecule has 338 valence electrons. The lowest BCUT2D eigenvalue weighted by atomic mass is 9.82. The quantitative estimate of drug-likeness (QED) is 0.149. The third kappa shape index (κ3) is 6.15. The first-order chi connectivity index (χ1) is 34.8. The molecule has 0 unspecified atom stereocenters. The maximum atomic E-state index is 7.33. The van der Waals surface area contributed by atoms with Gasteiger partial charge in [0.2, 0.25) is 0 Å². The van der Waals surface area contributed by atoms with Gasteiger partial charge in [-0.1, -0.05) is 198 Å². The second-order valence-corrected chi connectivity index (χ2v) is 20.1. The van der Waals surface area contributed by atoms with E-state index in [1.807, 2.05) is 0 Å². The van der Waals surface area contributed by atoms with E-state index in [9.17, 15) is 0 Å². The number of hydrogen-bond acceptors (Lipinski definition) is 3. The fourth-order valence-electron chi connectivity index (χ4n) is 12.1. The molecule has 13 aromatic rings. The van der Waals surface area contributed by atoms with Crippen molar-refractivity contribution in [1.82, 2.24) is 0 Å². The molecular weight excluding hydrogens is 863 g/mol. The number of furan rings is 2. The van der Waals surface area contributed by atoms with Crippen LogP contribution in [0.4, 0.5) is 17.1 Å². The first-order valence-corrected chi connectivity index (χ1v) is 24.9. The number of fused-ring (bicyclic) bond motifs is 14. The Labute approximate surface area is 412 Å². The largest absolute Gasteiger partial charge is 0.456 e. The first kappa shape index (κ1) is 41.3. The molecule has 0 saturated heterocycles. The monoisotopic (exact) mass is 911 g/mol. The van der Waals surface area contributed by atoms with E-state index in [0.717, 1.165) is 105 Å². The van der Waals surface area contributed by atoms with E-state index >= 15 is 0 Å². The van der Waals surface area contributed by atoms with Crippen LogP contribution in [0, 0.1) is 0 Å². The topological polar surface area (TPSA) is 29.5 Å². The molecule has 1 aliphatic carbocycles. The summed E-state index contributed by atoms with van der Waals surface area (Å²) in [4.78, 5) is 2.52. The van der Waals surface area contributed by atoms with Gasteiger partial charge in [-0.25, -0.2) is 0 Å². The van der Waals surface area contributed by atoms with Gasteiger partial charge >= 0.3 is 0 Å². The SMILES string of the molecule is CC(C)c1cccc2c1oc1ccc3c(N(c4ccccc4)c4ccc5c(c4)C(C)(C)c4ccccc4-5)c(-c4ccc(-c5ccccc5)cc4)c4ccc5c(oc6cccc(-c7ccccc7)c65)c4c3c12. The van der Waals surface area contributed by atoms with Crippen LogP contribution in [0.1, 0.15) is 50.3 Å². The van der Waals surface area contributed by atoms with Crippen molar-refractivity contribution in [2.75, 3.05) is 4.90 Å². The molecular formula is C68H49NO2. The minimum absolute atomic E-state index is 0.201. The molecule has 11 aromatic carbocycles. The molecule has 0 N–H and O–H groups in total. The van der Waals surface area contributed by atoms with E-state index in [1.54, 1.807) is 0 Å². The van der Waals surface area contributed by atoms with E-state index in [1.165, 1.54) is 38.9 Å². The van der Waals surface area contributed by atoms with E-state index in [0.29, 0.717) is 0 Å². The maximum Gasteiger partial charge on any atom is 0.143 e. The zero-order valence-corrected chi connectivity index (χ0v) is 40.1. The number of hydrogen-bond donors (Lipinski definition) is 0. The summed E-state index contributed by atoms with van der Waals surface area (Å²) in [5.41, 5.74) is 19.9. The van der Waals surface area contributed by atoms with Gasteiger partial charge in [-0.2, -0.15) is 0 Å². The number of para-hydroxylation sites is 2. The highest BCUT2D eigenvalue weighted by Gasteiger charge is 2.36. The fraction of sp³-hybridized carbons (Fsp3) is 0.0882. The Morgan fingerprint density at radius 3 is 1.75 bits per heavy atom. The van der Waals surface area contributed by atoms with Gasteiger partial charge in [0.1, 0.15) is 22.3 Å². The summed E-state index contributed by atoms with van der Waals surface area (Å²) in [7, 11) is 0. The third-order valence-electron chi connectivity index (χ3n) is 15.4. The molecule has 3 heteroatoms. The van der Waals surface area contributed by atoms with Crippen LogP contribution in [0.25, 0.3) is 110 Å². The molecule has 3 nitrogen and oxygen atoms in total. The second kappa shape index (κ2) is 15.7. The van der Waals surface area contributed by atoms with Crippen molar-refractivity contribution in [1.29, 1.82) is 0 Å². The van der Waals surface area contributed by atoms with Gasteiger partial charge in [-0.15, -0.1) is 0 Å². The zero-order valence-electron chi connectivity index (χ0n) is 40.1. The lowest BCUT2D eigenvalue weighted by molar-refractivity contribution is 0.657. The third-order valence-corrected chi connectivity index (χ3v) is 15.4. The summed E-state index contributed by atoms with van der Waals surface area (Å²) < 4.78 is 14.4. The van der Waals surface area contributed by atoms with Gasteiger partial charge in [-0.3, -0.25) is 0 Å². The number of nitrogens with zero attached hydrogens (tertiary/aromatic N) is 1. The Morgan fingerprint density at radius 1 is 0.380 bits per heavy atom. The van der Waals surface area contributed by atoms with Crippen molar-refractivity contribution in [3.8, 4) is 44.5 Å². The summed E-state index contributed by atoms with van der Waals surface area (Å²) in [6.45, 7) is 9.24. The van der Waals surface area contributed by atoms with Gasteiger partial charge in [0, 0.05) is 60.1 Å². The van der Waals surface area contributed by atoms with Crippen molar-refractivity contribution in [3.05, 3.63) is 235 Å². The molecule has 2 heterocycles. The average Bonchev–Trinajstić information content (AvgIpc) is 4.07. The molecule has 0 amide bonds. The van der Waals surface area contributed by atoms with Crippen LogP contribution >= 0.6 is 0 Å². The van der Waals surface area contributed by atoms with Gasteiger partial charge in [0.15, 0.2) is 0 Å². The predicted molar refractivity (Wildman–Crippen MR) is 299 cm³/mol. The number of rotatable bonds is 7. The predicted octanol–water partition coefficient (Wildman–Crippen LogP) is 19.7. The maximum absolute atomic E-state index is 7.33. The highest BCUT2D eigenvalue weighted by atomic mass is 16.3. The summed E-state index contributed by atoms with van der Waals surface area (Å²) in [6, 6.07) is 79.8. The van der Waals surface area contributed by atoms with E-state index in [-0.39, 0.29) is 11.3 Å². The molecule has 0 atom stereocenters. The summed E-state index contributed by atoms with van der Waals surface area (Å²) in [6.07, 6.45) is 0. The molecule has 0 spiro atoms. The van der Waals surface area contributed by atoms with Crippen molar-refractivity contribution >= 4 is 82.5 Å². The van der Waals surface area contributed by atoms with Crippen molar-refractivity contribution in [2.45, 2.75) is 39.0 Å². The Hall–Kier alpha value is -8.66. The van der Waals surface area contributed by atoms with Crippen molar-refractivity contribution in [2.24, 2.45) is 0 Å². The van der Waals surface area contributed by atoms with Gasteiger partial charge in [-0.05, 0) is 115 Å². The molecule has 1 aliphatic rings. The van der Waals surface area contributed by atoms with Crippen LogP contribution in [0.2, 0.25) is 0 Å². The van der Waals surface area contributed by atoms with Crippen molar-refractivity contribution < 1.29 is 8.83 Å². The van der Waals surface area contributed by atoms with Gasteiger partial charge < -0.3 is 13.7 Å². The smallest absolute Gasteiger partial charge is 0.143 e. The number of anilines is 3. The summed E-state index contributed by atoms with van der Waals surface area (Å²) in [5, 5.41) is 8.77. The highest BCUT2D eigenvalue weighted by Crippen LogP contribution is 2.56. The van der Waals surface area contributed by atoms with E-state index in [2.05, 4.69) is 251 Å². The zero-order chi connectivity index (χ0) is 47.5. The van der Waals surface area contributed by atoms with Gasteiger partial charge in [0.05, 0.1) is 5.69 Å². The van der Waals surface area contributed by atoms with E-state index < -0.39 is 0 Å². The lowest BCUT2D eigenvalue weighted by Gasteiger charge is -2.32. The number of benzene rings is 11. The minimum atomic E-state index is -0.201. The van der Waals surface area contributed by atoms with Crippen LogP contribution in [0.15, 0.2) is 227 Å². The van der Waals surface area contributed by atoms with Crippen LogP contribution in [0.3, 0.4) is 0 Å². The molecule has 71 heavy (non-hydrogen) atoms. The Morgan fingerprint density at radius 2 is 0.972 bits per heavy atom. The van der Waals surface area contributed by atoms with Gasteiger partial charge in [0.25, 0.3) is 0 Å². The first-order valence-electron chi connectivity index (χ1n) is 24.9. The molecule has 0 bridgehead atoms. The van der Waals surface area contributed by atoms with E-state index in [4.69, 9.17) is 8.83 Å². The molecule has 2 aromatic heterocycles. The molecule has 0 aliphatic heterocycles. The Balaban J connectivity index is 1.18. The standard InChI is InChI=1S/C68H49NO2/c1-41(2)48-25-16-27-54-62-59(70-66(48)54)39-38-53-63(62)64-52(36-37-55-61-49(44-20-10-6-11-21-44)26-17-29-58(61)71-67(55)64)60(45-32-30-43(31-33-45)42-18-8-5-9-19-42)65(53)69(46-22-12-7-13-23-46)47-34-35-51-50-24-14-15-28-56(50)68(3,4)57(51)40-47/h5-41H,1-4H3. The second-order valence-electron chi connectivity index (χ2n) is 20.1. The fourth-order valence-corrected chi connectivity index (χ4v) is 12.1. The summed E-state index contributed by atoms with van der Waals surface area (Å²) in [5.74, 6) is 0.269. The highest BCUT2D eigenvalue weighted by molar-refractivity contribution is 6.38. The van der Waals surface area contributed by atoms with Crippen LogP contribution in [-0.4, -0.2) is 0 Å². The Kier molecular flexibility index (Phi) is 9.13. The lowest BCUT2D eigenvalue weighted by Crippen LogP contribution is -2.17. The Bertz CT molecular complexity index is 4250.